The number of nitrogens with one attached hydrogen (secondary N) is 1. The molecule has 20 heavy (non-hydrogen) atoms. The van der Waals surface area contributed by atoms with Gasteiger partial charge in [0.2, 0.25) is 5.91 Å². The zero-order chi connectivity index (χ0) is 13.9. The molecule has 5 heteroatoms. The lowest BCUT2D eigenvalue weighted by atomic mass is 10.1. The van der Waals surface area contributed by atoms with Crippen LogP contribution in [0.1, 0.15) is 27.6 Å². The lowest BCUT2D eigenvalue weighted by Gasteiger charge is -2.07. The molecule has 0 fully saturated rings. The number of hydroxylamine groups is 1. The molecule has 2 heterocycles. The first-order chi connectivity index (χ1) is 9.74. The maximum Gasteiger partial charge on any atom is 0.248 e. The molecule has 1 aliphatic heterocycles. The normalized spacial score (nSPS) is 17.4. The summed E-state index contributed by atoms with van der Waals surface area (Å²) in [6.45, 7) is 0. The van der Waals surface area contributed by atoms with Gasteiger partial charge in [0.15, 0.2) is 0 Å². The number of aromatic nitrogens is 1. The van der Waals surface area contributed by atoms with Gasteiger partial charge in [0, 0.05) is 23.5 Å². The Labute approximate surface area is 116 Å². The zero-order valence-corrected chi connectivity index (χ0v) is 10.6. The van der Waals surface area contributed by atoms with Crippen molar-refractivity contribution in [3.63, 3.8) is 0 Å². The summed E-state index contributed by atoms with van der Waals surface area (Å²) in [5.41, 5.74) is 11.5. The van der Waals surface area contributed by atoms with Crippen LogP contribution in [-0.4, -0.2) is 10.9 Å². The van der Waals surface area contributed by atoms with Gasteiger partial charge in [0.05, 0.1) is 5.70 Å². The fourth-order valence-electron chi connectivity index (χ4n) is 2.03. The number of carbonyl (C=O) groups is 1. The van der Waals surface area contributed by atoms with E-state index in [1.165, 1.54) is 0 Å². The minimum Gasteiger partial charge on any atom is -0.366 e. The molecule has 0 spiro atoms. The summed E-state index contributed by atoms with van der Waals surface area (Å²) >= 11 is 0. The Morgan fingerprint density at radius 2 is 1.85 bits per heavy atom. The van der Waals surface area contributed by atoms with Crippen molar-refractivity contribution in [2.75, 3.05) is 0 Å². The van der Waals surface area contributed by atoms with Crippen molar-refractivity contribution in [2.24, 2.45) is 5.73 Å². The van der Waals surface area contributed by atoms with Crippen molar-refractivity contribution in [1.82, 2.24) is 10.5 Å². The predicted octanol–water partition coefficient (Wildman–Crippen LogP) is 1.80. The number of nitrogens with two attached hydrogens (primary N) is 1. The van der Waals surface area contributed by atoms with E-state index < -0.39 is 5.91 Å². The van der Waals surface area contributed by atoms with Crippen molar-refractivity contribution in [3.05, 3.63) is 71.6 Å². The van der Waals surface area contributed by atoms with Crippen LogP contribution < -0.4 is 11.2 Å². The van der Waals surface area contributed by atoms with Crippen LogP contribution in [0.5, 0.6) is 0 Å². The first-order valence-electron chi connectivity index (χ1n) is 6.18. The molecule has 3 N–H and O–H groups in total. The molecule has 2 aromatic rings. The van der Waals surface area contributed by atoms with E-state index in [1.807, 2.05) is 30.3 Å². The average Bonchev–Trinajstić information content (AvgIpc) is 2.98. The van der Waals surface area contributed by atoms with Gasteiger partial charge in [-0.15, -0.1) is 0 Å². The van der Waals surface area contributed by atoms with Gasteiger partial charge in [-0.25, -0.2) is 0 Å². The standard InChI is InChI=1S/C15H13N3O2/c16-15(19)12-3-1-11(2-4-12)14-9-13(18-20-14)10-5-7-17-8-6-10/h1-9,14,18H,(H2,16,19). The van der Waals surface area contributed by atoms with E-state index in [0.29, 0.717) is 5.56 Å². The molecule has 0 bridgehead atoms. The molecule has 1 aromatic heterocycles. The fraction of sp³-hybridized carbons (Fsp3) is 0.0667. The first kappa shape index (κ1) is 12.4. The quantitative estimate of drug-likeness (QED) is 0.889. The molecule has 100 valence electrons. The van der Waals surface area contributed by atoms with Crippen molar-refractivity contribution in [2.45, 2.75) is 6.10 Å². The van der Waals surface area contributed by atoms with E-state index in [2.05, 4.69) is 10.5 Å². The Hall–Kier alpha value is -2.66. The summed E-state index contributed by atoms with van der Waals surface area (Å²) in [5.74, 6) is -0.435. The smallest absolute Gasteiger partial charge is 0.248 e. The highest BCUT2D eigenvalue weighted by Crippen LogP contribution is 2.28. The van der Waals surface area contributed by atoms with Crippen LogP contribution in [0.3, 0.4) is 0 Å². The highest BCUT2D eigenvalue weighted by molar-refractivity contribution is 5.92. The van der Waals surface area contributed by atoms with E-state index in [0.717, 1.165) is 16.8 Å². The minimum atomic E-state index is -0.435. The summed E-state index contributed by atoms with van der Waals surface area (Å²) in [5, 5.41) is 0. The number of carbonyl (C=O) groups excluding carboxylic acids is 1. The molecule has 1 aliphatic rings. The molecule has 1 amide bonds. The lowest BCUT2D eigenvalue weighted by Crippen LogP contribution is -2.11. The molecule has 1 unspecified atom stereocenters. The third-order valence-corrected chi connectivity index (χ3v) is 3.13. The maximum atomic E-state index is 11.0. The number of pyridine rings is 1. The topological polar surface area (TPSA) is 77.2 Å². The molecule has 1 aromatic carbocycles. The largest absolute Gasteiger partial charge is 0.366 e. The van der Waals surface area contributed by atoms with Crippen molar-refractivity contribution in [3.8, 4) is 0 Å². The van der Waals surface area contributed by atoms with Crippen molar-refractivity contribution in [1.29, 1.82) is 0 Å². The Morgan fingerprint density at radius 1 is 1.15 bits per heavy atom. The average molecular weight is 267 g/mol. The summed E-state index contributed by atoms with van der Waals surface area (Å²) < 4.78 is 0. The van der Waals surface area contributed by atoms with Gasteiger partial charge in [0.25, 0.3) is 0 Å². The molecule has 5 nitrogen and oxygen atoms in total. The monoisotopic (exact) mass is 267 g/mol. The zero-order valence-electron chi connectivity index (χ0n) is 10.6. The van der Waals surface area contributed by atoms with Crippen LogP contribution in [0.15, 0.2) is 54.9 Å². The van der Waals surface area contributed by atoms with Gasteiger partial charge in [0.1, 0.15) is 6.10 Å². The summed E-state index contributed by atoms with van der Waals surface area (Å²) in [6.07, 6.45) is 5.24. The van der Waals surface area contributed by atoms with Crippen molar-refractivity contribution < 1.29 is 9.63 Å². The SMILES string of the molecule is NC(=O)c1ccc(C2C=C(c3ccncc3)NO2)cc1. The van der Waals surface area contributed by atoms with Crippen LogP contribution in [0.4, 0.5) is 0 Å². The third-order valence-electron chi connectivity index (χ3n) is 3.13. The van der Waals surface area contributed by atoms with E-state index in [9.17, 15) is 4.79 Å². The third kappa shape index (κ3) is 2.39. The van der Waals surface area contributed by atoms with Crippen LogP contribution in [0.2, 0.25) is 0 Å². The van der Waals surface area contributed by atoms with Crippen LogP contribution in [-0.2, 0) is 4.84 Å². The molecule has 0 saturated heterocycles. The Kier molecular flexibility index (Phi) is 3.18. The summed E-state index contributed by atoms with van der Waals surface area (Å²) in [4.78, 5) is 20.5. The summed E-state index contributed by atoms with van der Waals surface area (Å²) in [7, 11) is 0. The first-order valence-corrected chi connectivity index (χ1v) is 6.18. The second kappa shape index (κ2) is 5.14. The molecule has 1 atom stereocenters. The van der Waals surface area contributed by atoms with Crippen LogP contribution >= 0.6 is 0 Å². The lowest BCUT2D eigenvalue weighted by molar-refractivity contribution is 0.0511. The number of benzene rings is 1. The summed E-state index contributed by atoms with van der Waals surface area (Å²) in [6, 6.07) is 10.9. The number of hydrogen-bond donors (Lipinski definition) is 2. The minimum absolute atomic E-state index is 0.194. The molecule has 0 aliphatic carbocycles. The number of hydrogen-bond acceptors (Lipinski definition) is 4. The Bertz CT molecular complexity index is 651. The highest BCUT2D eigenvalue weighted by atomic mass is 16.7. The second-order valence-electron chi connectivity index (χ2n) is 4.44. The van der Waals surface area contributed by atoms with Gasteiger partial charge < -0.3 is 5.73 Å². The van der Waals surface area contributed by atoms with Crippen LogP contribution in [0, 0.1) is 0 Å². The molecule has 3 rings (SSSR count). The van der Waals surface area contributed by atoms with E-state index >= 15 is 0 Å². The molecule has 0 radical (unpaired) electrons. The van der Waals surface area contributed by atoms with Crippen LogP contribution in [0.25, 0.3) is 5.70 Å². The highest BCUT2D eigenvalue weighted by Gasteiger charge is 2.19. The maximum absolute atomic E-state index is 11.0. The van der Waals surface area contributed by atoms with Gasteiger partial charge in [-0.1, -0.05) is 12.1 Å². The number of nitrogens with zero attached hydrogens (tertiary/aromatic N) is 1. The number of primary amides is 1. The predicted molar refractivity (Wildman–Crippen MR) is 74.1 cm³/mol. The van der Waals surface area contributed by atoms with Crippen molar-refractivity contribution >= 4 is 11.6 Å². The van der Waals surface area contributed by atoms with E-state index in [-0.39, 0.29) is 6.10 Å². The number of rotatable bonds is 3. The molecular formula is C15H13N3O2. The van der Waals surface area contributed by atoms with Gasteiger partial charge in [-0.3, -0.25) is 20.1 Å². The van der Waals surface area contributed by atoms with E-state index in [4.69, 9.17) is 10.6 Å². The van der Waals surface area contributed by atoms with E-state index in [1.54, 1.807) is 24.5 Å². The fourth-order valence-corrected chi connectivity index (χ4v) is 2.03. The Balaban J connectivity index is 1.82. The van der Waals surface area contributed by atoms with Gasteiger partial charge in [-0.2, -0.15) is 0 Å². The van der Waals surface area contributed by atoms with Gasteiger partial charge in [-0.05, 0) is 35.9 Å². The van der Waals surface area contributed by atoms with Gasteiger partial charge >= 0.3 is 0 Å². The number of amides is 1. The Morgan fingerprint density at radius 3 is 2.50 bits per heavy atom. The molecule has 0 saturated carbocycles. The molecular weight excluding hydrogens is 254 g/mol. The second-order valence-corrected chi connectivity index (χ2v) is 4.44.